The molecule has 0 amide bonds. The Kier molecular flexibility index (Phi) is 3.96. The average molecular weight is 310 g/mol. The standard InChI is InChI=1S/C15H14N6O2/c1-19(12-6-3-2-4-7-12)11-15-16-17-18-20(15)13-8-5-9-14(10-13)21(22)23/h2-10H,11H2,1H3. The summed E-state index contributed by atoms with van der Waals surface area (Å²) in [5, 5.41) is 22.6. The predicted octanol–water partition coefficient (Wildman–Crippen LogP) is 2.21. The highest BCUT2D eigenvalue weighted by molar-refractivity contribution is 5.46. The number of nitro benzene ring substituents is 1. The van der Waals surface area contributed by atoms with Crippen LogP contribution in [0.5, 0.6) is 0 Å². The van der Waals surface area contributed by atoms with Crippen molar-refractivity contribution in [2.45, 2.75) is 6.54 Å². The van der Waals surface area contributed by atoms with Gasteiger partial charge in [0.15, 0.2) is 5.82 Å². The SMILES string of the molecule is CN(Cc1nnnn1-c1cccc([N+](=O)[O-])c1)c1ccccc1. The van der Waals surface area contributed by atoms with E-state index in [1.165, 1.54) is 16.8 Å². The van der Waals surface area contributed by atoms with Crippen molar-refractivity contribution in [3.63, 3.8) is 0 Å². The van der Waals surface area contributed by atoms with Crippen LogP contribution in [-0.2, 0) is 6.54 Å². The number of nitrogens with zero attached hydrogens (tertiary/aromatic N) is 6. The molecule has 0 N–H and O–H groups in total. The molecule has 0 saturated carbocycles. The van der Waals surface area contributed by atoms with Gasteiger partial charge in [0, 0.05) is 24.9 Å². The third kappa shape index (κ3) is 3.15. The van der Waals surface area contributed by atoms with Gasteiger partial charge in [0.2, 0.25) is 0 Å². The number of non-ortho nitro benzene ring substituents is 1. The number of rotatable bonds is 5. The molecule has 1 heterocycles. The van der Waals surface area contributed by atoms with Crippen LogP contribution in [0.2, 0.25) is 0 Å². The van der Waals surface area contributed by atoms with Crippen molar-refractivity contribution in [3.05, 3.63) is 70.5 Å². The second-order valence-corrected chi connectivity index (χ2v) is 4.98. The predicted molar refractivity (Wildman–Crippen MR) is 84.4 cm³/mol. The molecule has 0 atom stereocenters. The Morgan fingerprint density at radius 3 is 2.70 bits per heavy atom. The summed E-state index contributed by atoms with van der Waals surface area (Å²) in [4.78, 5) is 12.5. The molecule has 0 bridgehead atoms. The zero-order valence-corrected chi connectivity index (χ0v) is 12.4. The maximum absolute atomic E-state index is 10.9. The first-order valence-electron chi connectivity index (χ1n) is 6.93. The highest BCUT2D eigenvalue weighted by atomic mass is 16.6. The van der Waals surface area contributed by atoms with Crippen LogP contribution >= 0.6 is 0 Å². The van der Waals surface area contributed by atoms with Crippen molar-refractivity contribution in [3.8, 4) is 5.69 Å². The van der Waals surface area contributed by atoms with E-state index in [-0.39, 0.29) is 5.69 Å². The number of benzene rings is 2. The van der Waals surface area contributed by atoms with E-state index in [1.807, 2.05) is 42.3 Å². The quantitative estimate of drug-likeness (QED) is 0.530. The molecule has 3 rings (SSSR count). The molecule has 0 aliphatic carbocycles. The van der Waals surface area contributed by atoms with Gasteiger partial charge in [-0.2, -0.15) is 4.68 Å². The second kappa shape index (κ2) is 6.22. The Hall–Kier alpha value is -3.29. The van der Waals surface area contributed by atoms with E-state index in [0.29, 0.717) is 18.1 Å². The van der Waals surface area contributed by atoms with E-state index in [4.69, 9.17) is 0 Å². The summed E-state index contributed by atoms with van der Waals surface area (Å²) in [5.41, 5.74) is 1.59. The molecular formula is C15H14N6O2. The van der Waals surface area contributed by atoms with Crippen LogP contribution in [0.4, 0.5) is 11.4 Å². The number of para-hydroxylation sites is 1. The summed E-state index contributed by atoms with van der Waals surface area (Å²) in [6, 6.07) is 16.1. The highest BCUT2D eigenvalue weighted by Gasteiger charge is 2.14. The molecule has 23 heavy (non-hydrogen) atoms. The van der Waals surface area contributed by atoms with Crippen LogP contribution in [0, 0.1) is 10.1 Å². The first kappa shape index (κ1) is 14.6. The number of hydrogen-bond acceptors (Lipinski definition) is 6. The lowest BCUT2D eigenvalue weighted by Crippen LogP contribution is -2.19. The molecule has 0 aliphatic heterocycles. The number of anilines is 1. The molecule has 0 radical (unpaired) electrons. The van der Waals surface area contributed by atoms with Crippen molar-refractivity contribution in [1.29, 1.82) is 0 Å². The molecule has 0 aliphatic rings. The molecular weight excluding hydrogens is 296 g/mol. The van der Waals surface area contributed by atoms with Gasteiger partial charge in [-0.1, -0.05) is 24.3 Å². The first-order valence-corrected chi connectivity index (χ1v) is 6.93. The summed E-state index contributed by atoms with van der Waals surface area (Å²) in [6.07, 6.45) is 0. The minimum absolute atomic E-state index is 0.000337. The van der Waals surface area contributed by atoms with E-state index >= 15 is 0 Å². The Bertz CT molecular complexity index is 818. The summed E-state index contributed by atoms with van der Waals surface area (Å²) >= 11 is 0. The lowest BCUT2D eigenvalue weighted by Gasteiger charge is -2.18. The summed E-state index contributed by atoms with van der Waals surface area (Å²) in [5.74, 6) is 0.594. The van der Waals surface area contributed by atoms with E-state index < -0.39 is 4.92 Å². The first-order chi connectivity index (χ1) is 11.1. The van der Waals surface area contributed by atoms with Crippen molar-refractivity contribution in [1.82, 2.24) is 20.2 Å². The molecule has 2 aromatic carbocycles. The van der Waals surface area contributed by atoms with Gasteiger partial charge in [0.1, 0.15) is 0 Å². The molecule has 0 fully saturated rings. The largest absolute Gasteiger partial charge is 0.367 e. The van der Waals surface area contributed by atoms with Crippen LogP contribution in [0.1, 0.15) is 5.82 Å². The van der Waals surface area contributed by atoms with E-state index in [0.717, 1.165) is 5.69 Å². The zero-order chi connectivity index (χ0) is 16.2. The van der Waals surface area contributed by atoms with Gasteiger partial charge in [-0.3, -0.25) is 10.1 Å². The second-order valence-electron chi connectivity index (χ2n) is 4.98. The summed E-state index contributed by atoms with van der Waals surface area (Å²) in [7, 11) is 1.93. The molecule has 8 heteroatoms. The smallest absolute Gasteiger partial charge is 0.271 e. The van der Waals surface area contributed by atoms with Gasteiger partial charge in [-0.25, -0.2) is 0 Å². The number of tetrazole rings is 1. The Labute approximate surface area is 132 Å². The minimum atomic E-state index is -0.441. The van der Waals surface area contributed by atoms with Crippen molar-refractivity contribution in [2.24, 2.45) is 0 Å². The monoisotopic (exact) mass is 310 g/mol. The Morgan fingerprint density at radius 2 is 1.96 bits per heavy atom. The molecule has 0 saturated heterocycles. The molecule has 0 unspecified atom stereocenters. The van der Waals surface area contributed by atoms with Gasteiger partial charge in [-0.05, 0) is 28.6 Å². The molecule has 116 valence electrons. The number of aromatic nitrogens is 4. The van der Waals surface area contributed by atoms with Crippen molar-refractivity contribution >= 4 is 11.4 Å². The van der Waals surface area contributed by atoms with Crippen LogP contribution in [-0.4, -0.2) is 32.2 Å². The Morgan fingerprint density at radius 1 is 1.17 bits per heavy atom. The summed E-state index contributed by atoms with van der Waals surface area (Å²) < 4.78 is 1.51. The molecule has 3 aromatic rings. The molecule has 0 spiro atoms. The van der Waals surface area contributed by atoms with Gasteiger partial charge >= 0.3 is 0 Å². The molecule has 8 nitrogen and oxygen atoms in total. The topological polar surface area (TPSA) is 90.0 Å². The third-order valence-electron chi connectivity index (χ3n) is 3.39. The van der Waals surface area contributed by atoms with Gasteiger partial charge in [0.05, 0.1) is 17.2 Å². The maximum atomic E-state index is 10.9. The fourth-order valence-corrected chi connectivity index (χ4v) is 2.23. The lowest BCUT2D eigenvalue weighted by molar-refractivity contribution is -0.384. The molecule has 1 aromatic heterocycles. The van der Waals surface area contributed by atoms with E-state index in [1.54, 1.807) is 12.1 Å². The number of nitro groups is 1. The van der Waals surface area contributed by atoms with Crippen molar-refractivity contribution < 1.29 is 4.92 Å². The van der Waals surface area contributed by atoms with Gasteiger partial charge in [-0.15, -0.1) is 5.10 Å². The Balaban J connectivity index is 1.88. The van der Waals surface area contributed by atoms with Crippen LogP contribution in [0.25, 0.3) is 5.69 Å². The third-order valence-corrected chi connectivity index (χ3v) is 3.39. The highest BCUT2D eigenvalue weighted by Crippen LogP contribution is 2.18. The number of hydrogen-bond donors (Lipinski definition) is 0. The fourth-order valence-electron chi connectivity index (χ4n) is 2.23. The average Bonchev–Trinajstić information content (AvgIpc) is 3.04. The maximum Gasteiger partial charge on any atom is 0.271 e. The zero-order valence-electron chi connectivity index (χ0n) is 12.4. The van der Waals surface area contributed by atoms with Gasteiger partial charge in [0.25, 0.3) is 5.69 Å². The normalized spacial score (nSPS) is 10.5. The van der Waals surface area contributed by atoms with Crippen LogP contribution < -0.4 is 4.90 Å². The van der Waals surface area contributed by atoms with Crippen LogP contribution in [0.3, 0.4) is 0 Å². The summed E-state index contributed by atoms with van der Waals surface area (Å²) in [6.45, 7) is 0.472. The van der Waals surface area contributed by atoms with E-state index in [9.17, 15) is 10.1 Å². The fraction of sp³-hybridized carbons (Fsp3) is 0.133. The van der Waals surface area contributed by atoms with E-state index in [2.05, 4.69) is 15.5 Å². The lowest BCUT2D eigenvalue weighted by atomic mass is 10.2. The van der Waals surface area contributed by atoms with Gasteiger partial charge < -0.3 is 4.90 Å². The van der Waals surface area contributed by atoms with Crippen molar-refractivity contribution in [2.75, 3.05) is 11.9 Å². The van der Waals surface area contributed by atoms with Crippen LogP contribution in [0.15, 0.2) is 54.6 Å². The minimum Gasteiger partial charge on any atom is -0.367 e.